The predicted molar refractivity (Wildman–Crippen MR) is 78.3 cm³/mol. The zero-order valence-corrected chi connectivity index (χ0v) is 13.4. The molecule has 1 aromatic heterocycles. The van der Waals surface area contributed by atoms with Crippen LogP contribution in [0.1, 0.15) is 27.7 Å². The molecular formula is C13H20ClFN4O2. The normalized spacial score (nSPS) is 11.6. The summed E-state index contributed by atoms with van der Waals surface area (Å²) in [5.74, 6) is -1.14. The van der Waals surface area contributed by atoms with Crippen molar-refractivity contribution in [2.45, 2.75) is 27.7 Å². The third-order valence-electron chi connectivity index (χ3n) is 2.27. The van der Waals surface area contributed by atoms with Gasteiger partial charge in [-0.1, -0.05) is 20.8 Å². The number of hydrogen-bond donors (Lipinski definition) is 1. The van der Waals surface area contributed by atoms with Gasteiger partial charge in [0.1, 0.15) is 6.54 Å². The van der Waals surface area contributed by atoms with Crippen molar-refractivity contribution in [3.05, 3.63) is 17.3 Å². The number of carbonyl (C=O) groups is 1. The van der Waals surface area contributed by atoms with Gasteiger partial charge in [0, 0.05) is 6.54 Å². The molecule has 0 aliphatic carbocycles. The van der Waals surface area contributed by atoms with E-state index in [-0.39, 0.29) is 29.7 Å². The van der Waals surface area contributed by atoms with Gasteiger partial charge in [-0.3, -0.25) is 10.2 Å². The number of hydrazine groups is 1. The Kier molecular flexibility index (Phi) is 6.29. The van der Waals surface area contributed by atoms with Crippen LogP contribution in [0, 0.1) is 11.2 Å². The highest BCUT2D eigenvalue weighted by molar-refractivity contribution is 6.28. The Morgan fingerprint density at radius 1 is 1.52 bits per heavy atom. The van der Waals surface area contributed by atoms with Crippen LogP contribution in [-0.2, 0) is 9.53 Å². The second kappa shape index (κ2) is 7.51. The lowest BCUT2D eigenvalue weighted by Crippen LogP contribution is -2.41. The Balaban J connectivity index is 2.85. The van der Waals surface area contributed by atoms with E-state index in [0.717, 1.165) is 6.20 Å². The van der Waals surface area contributed by atoms with Crippen molar-refractivity contribution in [2.75, 3.05) is 25.1 Å². The average molecular weight is 319 g/mol. The molecule has 0 amide bonds. The molecule has 1 heterocycles. The number of esters is 1. The monoisotopic (exact) mass is 318 g/mol. The van der Waals surface area contributed by atoms with Crippen LogP contribution in [0.2, 0.25) is 5.28 Å². The first-order chi connectivity index (χ1) is 9.71. The summed E-state index contributed by atoms with van der Waals surface area (Å²) in [4.78, 5) is 18.9. The number of rotatable bonds is 6. The minimum Gasteiger partial charge on any atom is -0.465 e. The number of carbonyl (C=O) groups excluding carboxylic acids is 1. The number of nitrogens with zero attached hydrogens (tertiary/aromatic N) is 3. The molecule has 1 rings (SSSR count). The van der Waals surface area contributed by atoms with Gasteiger partial charge in [-0.25, -0.2) is 14.4 Å². The summed E-state index contributed by atoms with van der Waals surface area (Å²) in [6, 6.07) is 0. The third-order valence-corrected chi connectivity index (χ3v) is 2.45. The molecule has 1 N–H and O–H groups in total. The fourth-order valence-electron chi connectivity index (χ4n) is 1.64. The highest BCUT2D eigenvalue weighted by atomic mass is 35.5. The van der Waals surface area contributed by atoms with E-state index < -0.39 is 11.8 Å². The Labute approximate surface area is 128 Å². The second-order valence-corrected chi connectivity index (χ2v) is 6.01. The molecule has 0 aliphatic rings. The summed E-state index contributed by atoms with van der Waals surface area (Å²) in [5, 5.41) is 1.46. The predicted octanol–water partition coefficient (Wildman–Crippen LogP) is 2.51. The Hall–Kier alpha value is -1.47. The maximum Gasteiger partial charge on any atom is 0.322 e. The number of hydrogen-bond acceptors (Lipinski definition) is 6. The van der Waals surface area contributed by atoms with Crippen molar-refractivity contribution < 1.29 is 13.9 Å². The third kappa shape index (κ3) is 6.68. The van der Waals surface area contributed by atoms with Gasteiger partial charge in [-0.2, -0.15) is 4.98 Å². The molecule has 8 heteroatoms. The zero-order chi connectivity index (χ0) is 16.0. The summed E-state index contributed by atoms with van der Waals surface area (Å²) >= 11 is 5.65. The van der Waals surface area contributed by atoms with Crippen LogP contribution in [0.3, 0.4) is 0 Å². The van der Waals surface area contributed by atoms with E-state index >= 15 is 0 Å². The average Bonchev–Trinajstić information content (AvgIpc) is 2.32. The van der Waals surface area contributed by atoms with Crippen LogP contribution in [0.5, 0.6) is 0 Å². The van der Waals surface area contributed by atoms with Gasteiger partial charge < -0.3 is 4.74 Å². The van der Waals surface area contributed by atoms with Crippen LogP contribution in [0.15, 0.2) is 6.20 Å². The first-order valence-electron chi connectivity index (χ1n) is 6.56. The molecule has 6 nitrogen and oxygen atoms in total. The maximum absolute atomic E-state index is 13.7. The lowest BCUT2D eigenvalue weighted by atomic mass is 9.97. The Morgan fingerprint density at radius 3 is 2.76 bits per heavy atom. The molecule has 0 saturated heterocycles. The van der Waals surface area contributed by atoms with Gasteiger partial charge >= 0.3 is 5.97 Å². The van der Waals surface area contributed by atoms with Crippen LogP contribution in [0.4, 0.5) is 10.2 Å². The van der Waals surface area contributed by atoms with Crippen molar-refractivity contribution in [3.8, 4) is 0 Å². The maximum atomic E-state index is 13.7. The fourth-order valence-corrected chi connectivity index (χ4v) is 1.78. The molecule has 0 fully saturated rings. The van der Waals surface area contributed by atoms with Gasteiger partial charge in [-0.15, -0.1) is 0 Å². The summed E-state index contributed by atoms with van der Waals surface area (Å²) in [6.07, 6.45) is 0.970. The molecule has 0 bridgehead atoms. The molecule has 0 unspecified atom stereocenters. The first kappa shape index (κ1) is 17.6. The van der Waals surface area contributed by atoms with E-state index in [4.69, 9.17) is 16.3 Å². The first-order valence-corrected chi connectivity index (χ1v) is 6.94. The molecular weight excluding hydrogens is 299 g/mol. The highest BCUT2D eigenvalue weighted by Gasteiger charge is 2.21. The standard InChI is InChI=1S/C13H20ClFN4O2/c1-5-21-10(20)7-19(8-13(2,3)4)18-11-9(15)6-16-12(14)17-11/h6H,5,7-8H2,1-4H3,(H,16,17,18). The minimum atomic E-state index is -0.651. The Morgan fingerprint density at radius 2 is 2.19 bits per heavy atom. The lowest BCUT2D eigenvalue weighted by molar-refractivity contribution is -0.144. The molecule has 0 radical (unpaired) electrons. The second-order valence-electron chi connectivity index (χ2n) is 5.67. The largest absolute Gasteiger partial charge is 0.465 e. The summed E-state index contributed by atoms with van der Waals surface area (Å²) in [7, 11) is 0. The van der Waals surface area contributed by atoms with Gasteiger partial charge in [0.15, 0.2) is 11.6 Å². The van der Waals surface area contributed by atoms with Gasteiger partial charge in [0.2, 0.25) is 5.28 Å². The molecule has 0 aromatic carbocycles. The van der Waals surface area contributed by atoms with Crippen molar-refractivity contribution in [2.24, 2.45) is 5.41 Å². The van der Waals surface area contributed by atoms with Crippen molar-refractivity contribution in [1.82, 2.24) is 15.0 Å². The molecule has 1 aromatic rings. The minimum absolute atomic E-state index is 0.0355. The van der Waals surface area contributed by atoms with Gasteiger partial charge in [0.25, 0.3) is 0 Å². The topological polar surface area (TPSA) is 67.3 Å². The van der Waals surface area contributed by atoms with E-state index in [1.54, 1.807) is 11.9 Å². The SMILES string of the molecule is CCOC(=O)CN(CC(C)(C)C)Nc1nc(Cl)ncc1F. The van der Waals surface area contributed by atoms with E-state index in [0.29, 0.717) is 6.54 Å². The quantitative estimate of drug-likeness (QED) is 0.494. The van der Waals surface area contributed by atoms with E-state index in [2.05, 4.69) is 15.4 Å². The summed E-state index contributed by atoms with van der Waals surface area (Å²) < 4.78 is 18.6. The number of anilines is 1. The molecule has 21 heavy (non-hydrogen) atoms. The fraction of sp³-hybridized carbons (Fsp3) is 0.615. The van der Waals surface area contributed by atoms with Crippen LogP contribution in [-0.4, -0.2) is 40.6 Å². The van der Waals surface area contributed by atoms with Crippen molar-refractivity contribution in [1.29, 1.82) is 0 Å². The van der Waals surface area contributed by atoms with Crippen LogP contribution in [0.25, 0.3) is 0 Å². The zero-order valence-electron chi connectivity index (χ0n) is 12.6. The van der Waals surface area contributed by atoms with Crippen LogP contribution >= 0.6 is 11.6 Å². The van der Waals surface area contributed by atoms with E-state index in [1.165, 1.54) is 0 Å². The van der Waals surface area contributed by atoms with Crippen molar-refractivity contribution >= 4 is 23.4 Å². The highest BCUT2D eigenvalue weighted by Crippen LogP contribution is 2.18. The molecule has 118 valence electrons. The molecule has 0 spiro atoms. The number of aromatic nitrogens is 2. The van der Waals surface area contributed by atoms with Crippen LogP contribution < -0.4 is 5.43 Å². The van der Waals surface area contributed by atoms with Gasteiger partial charge in [-0.05, 0) is 23.9 Å². The summed E-state index contributed by atoms with van der Waals surface area (Å²) in [5.41, 5.74) is 2.64. The molecule has 0 saturated carbocycles. The Bertz CT molecular complexity index is 494. The lowest BCUT2D eigenvalue weighted by Gasteiger charge is -2.29. The molecule has 0 aliphatic heterocycles. The number of nitrogens with one attached hydrogen (secondary N) is 1. The van der Waals surface area contributed by atoms with Gasteiger partial charge in [0.05, 0.1) is 12.8 Å². The summed E-state index contributed by atoms with van der Waals surface area (Å²) in [6.45, 7) is 8.45. The molecule has 0 atom stereocenters. The smallest absolute Gasteiger partial charge is 0.322 e. The van der Waals surface area contributed by atoms with Crippen molar-refractivity contribution in [3.63, 3.8) is 0 Å². The van der Waals surface area contributed by atoms with E-state index in [9.17, 15) is 9.18 Å². The number of ether oxygens (including phenoxy) is 1. The van der Waals surface area contributed by atoms with E-state index in [1.807, 2.05) is 20.8 Å². The number of halogens is 2.